The van der Waals surface area contributed by atoms with Crippen LogP contribution < -0.4 is 5.56 Å². The van der Waals surface area contributed by atoms with Crippen LogP contribution in [0.5, 0.6) is 0 Å². The summed E-state index contributed by atoms with van der Waals surface area (Å²) in [7, 11) is -3.90. The average Bonchev–Trinajstić information content (AvgIpc) is 2.60. The number of aliphatic hydroxyl groups excluding tert-OH is 1. The number of aryl methyl sites for hydroxylation is 2. The third kappa shape index (κ3) is 4.20. The van der Waals surface area contributed by atoms with Crippen LogP contribution in [-0.2, 0) is 21.2 Å². The van der Waals surface area contributed by atoms with E-state index in [1.54, 1.807) is 13.0 Å². The number of rotatable bonds is 7. The van der Waals surface area contributed by atoms with Crippen LogP contribution in [0.3, 0.4) is 0 Å². The van der Waals surface area contributed by atoms with E-state index in [2.05, 4.69) is 0 Å². The summed E-state index contributed by atoms with van der Waals surface area (Å²) in [6, 6.07) is 5.10. The highest BCUT2D eigenvalue weighted by molar-refractivity contribution is 7.92. The van der Waals surface area contributed by atoms with Gasteiger partial charge in [0.2, 0.25) is 0 Å². The molecule has 9 heteroatoms. The Balaban J connectivity index is 2.40. The van der Waals surface area contributed by atoms with E-state index in [9.17, 15) is 26.8 Å². The number of aromatic nitrogens is 1. The molecule has 6 nitrogen and oxygen atoms in total. The molecule has 0 spiro atoms. The van der Waals surface area contributed by atoms with Gasteiger partial charge in [-0.3, -0.25) is 9.59 Å². The highest BCUT2D eigenvalue weighted by Crippen LogP contribution is 2.26. The van der Waals surface area contributed by atoms with E-state index in [1.165, 1.54) is 12.1 Å². The van der Waals surface area contributed by atoms with Gasteiger partial charge in [0, 0.05) is 36.2 Å². The summed E-state index contributed by atoms with van der Waals surface area (Å²) in [5.74, 6) is -2.45. The number of hydrogen-bond donors (Lipinski definition) is 1. The molecule has 1 N–H and O–H groups in total. The second-order valence-electron chi connectivity index (χ2n) is 6.88. The molecule has 1 atom stereocenters. The number of Topliss-reactive ketones (excluding diaryl/α,β-unsaturated/α-hetero) is 1. The third-order valence-corrected chi connectivity index (χ3v) is 6.94. The topological polar surface area (TPSA) is 93.4 Å². The van der Waals surface area contributed by atoms with E-state index in [4.69, 9.17) is 5.11 Å². The number of nitrogens with zero attached hydrogens (tertiary/aromatic N) is 1. The minimum Gasteiger partial charge on any atom is -0.389 e. The highest BCUT2D eigenvalue weighted by atomic mass is 32.2. The molecule has 0 saturated carbocycles. The van der Waals surface area contributed by atoms with Gasteiger partial charge in [0.05, 0.1) is 0 Å². The first kappa shape index (κ1) is 21.9. The molecule has 2 rings (SSSR count). The van der Waals surface area contributed by atoms with E-state index in [-0.39, 0.29) is 24.1 Å². The van der Waals surface area contributed by atoms with Crippen molar-refractivity contribution in [2.45, 2.75) is 31.6 Å². The first-order valence-corrected chi connectivity index (χ1v) is 10.3. The quantitative estimate of drug-likeness (QED) is 0.748. The maximum atomic E-state index is 14.5. The van der Waals surface area contributed by atoms with Gasteiger partial charge in [-0.05, 0) is 31.9 Å². The fourth-order valence-corrected chi connectivity index (χ4v) is 3.74. The van der Waals surface area contributed by atoms with E-state index in [1.807, 2.05) is 0 Å². The summed E-state index contributed by atoms with van der Waals surface area (Å²) < 4.78 is 51.6. The maximum absolute atomic E-state index is 14.5. The molecular formula is C19H21F2NO5S. The zero-order valence-electron chi connectivity index (χ0n) is 15.7. The summed E-state index contributed by atoms with van der Waals surface area (Å²) in [4.78, 5) is 24.3. The van der Waals surface area contributed by atoms with Crippen molar-refractivity contribution in [1.82, 2.24) is 4.57 Å². The molecule has 0 saturated heterocycles. The largest absolute Gasteiger partial charge is 0.389 e. The van der Waals surface area contributed by atoms with Crippen molar-refractivity contribution >= 4 is 15.6 Å². The van der Waals surface area contributed by atoms with Crippen LogP contribution in [0.2, 0.25) is 0 Å². The summed E-state index contributed by atoms with van der Waals surface area (Å²) >= 11 is 0. The Morgan fingerprint density at radius 1 is 1.18 bits per heavy atom. The van der Waals surface area contributed by atoms with Crippen LogP contribution in [0, 0.1) is 18.6 Å². The summed E-state index contributed by atoms with van der Waals surface area (Å²) in [5.41, 5.74) is -0.313. The smallest absolute Gasteiger partial charge is 0.251 e. The van der Waals surface area contributed by atoms with Crippen molar-refractivity contribution in [2.24, 2.45) is 0 Å². The maximum Gasteiger partial charge on any atom is 0.251 e. The Labute approximate surface area is 161 Å². The SMILES string of the molecule is Cc1ccc(-c2cc(=O)n(CCC(C)(C(=O)CO)S(C)(=O)=O)cc2F)c(F)c1. The Kier molecular flexibility index (Phi) is 6.20. The molecule has 0 fully saturated rings. The van der Waals surface area contributed by atoms with Crippen LogP contribution in [-0.4, -0.2) is 41.5 Å². The van der Waals surface area contributed by atoms with Gasteiger partial charge < -0.3 is 9.67 Å². The first-order valence-electron chi connectivity index (χ1n) is 8.41. The van der Waals surface area contributed by atoms with Gasteiger partial charge in [0.25, 0.3) is 5.56 Å². The second kappa shape index (κ2) is 7.92. The van der Waals surface area contributed by atoms with Crippen molar-refractivity contribution in [3.8, 4) is 11.1 Å². The summed E-state index contributed by atoms with van der Waals surface area (Å²) in [6.45, 7) is 1.58. The van der Waals surface area contributed by atoms with Crippen molar-refractivity contribution < 1.29 is 27.1 Å². The third-order valence-electron chi connectivity index (χ3n) is 4.87. The van der Waals surface area contributed by atoms with Gasteiger partial charge in [0.1, 0.15) is 23.0 Å². The lowest BCUT2D eigenvalue weighted by atomic mass is 10.0. The Morgan fingerprint density at radius 2 is 1.82 bits per heavy atom. The Morgan fingerprint density at radius 3 is 2.36 bits per heavy atom. The molecule has 1 aromatic heterocycles. The molecule has 1 aromatic carbocycles. The molecule has 0 amide bonds. The molecule has 1 unspecified atom stereocenters. The van der Waals surface area contributed by atoms with E-state index < -0.39 is 44.2 Å². The summed E-state index contributed by atoms with van der Waals surface area (Å²) in [6.07, 6.45) is 1.37. The fourth-order valence-electron chi connectivity index (χ4n) is 2.80. The molecule has 0 bridgehead atoms. The average molecular weight is 413 g/mol. The number of halogens is 2. The van der Waals surface area contributed by atoms with Crippen LogP contribution in [0.4, 0.5) is 8.78 Å². The number of benzene rings is 1. The lowest BCUT2D eigenvalue weighted by Gasteiger charge is -2.25. The predicted octanol–water partition coefficient (Wildman–Crippen LogP) is 1.86. The number of hydrogen-bond acceptors (Lipinski definition) is 5. The van der Waals surface area contributed by atoms with Crippen LogP contribution >= 0.6 is 0 Å². The predicted molar refractivity (Wildman–Crippen MR) is 101 cm³/mol. The van der Waals surface area contributed by atoms with Gasteiger partial charge in [-0.1, -0.05) is 12.1 Å². The molecule has 0 radical (unpaired) electrons. The first-order chi connectivity index (χ1) is 12.9. The minimum atomic E-state index is -3.90. The number of carbonyl (C=O) groups excluding carboxylic acids is 1. The molecule has 28 heavy (non-hydrogen) atoms. The monoisotopic (exact) mass is 413 g/mol. The second-order valence-corrected chi connectivity index (χ2v) is 9.33. The van der Waals surface area contributed by atoms with Crippen LogP contribution in [0.15, 0.2) is 35.3 Å². The molecule has 2 aromatic rings. The lowest BCUT2D eigenvalue weighted by molar-refractivity contribution is -0.124. The molecule has 0 aliphatic rings. The van der Waals surface area contributed by atoms with Crippen LogP contribution in [0.25, 0.3) is 11.1 Å². The zero-order valence-corrected chi connectivity index (χ0v) is 16.5. The highest BCUT2D eigenvalue weighted by Gasteiger charge is 2.42. The Hall–Kier alpha value is -2.39. The van der Waals surface area contributed by atoms with Crippen LogP contribution in [0.1, 0.15) is 18.9 Å². The minimum absolute atomic E-state index is 0.0659. The Bertz CT molecular complexity index is 1080. The van der Waals surface area contributed by atoms with Crippen molar-refractivity contribution in [1.29, 1.82) is 0 Å². The standard InChI is InChI=1S/C19H21F2NO5S/c1-12-4-5-13(15(20)8-12)14-9-18(25)22(10-16(14)21)7-6-19(2,17(24)11-23)28(3,26)27/h4-5,8-10,23H,6-7,11H2,1-3H3. The van der Waals surface area contributed by atoms with Crippen molar-refractivity contribution in [2.75, 3.05) is 12.9 Å². The van der Waals surface area contributed by atoms with Gasteiger partial charge in [0.15, 0.2) is 15.6 Å². The number of aliphatic hydroxyl groups is 1. The number of pyridine rings is 1. The number of carbonyl (C=O) groups is 1. The normalized spacial score (nSPS) is 13.9. The fraction of sp³-hybridized carbons (Fsp3) is 0.368. The molecule has 0 aliphatic carbocycles. The van der Waals surface area contributed by atoms with Crippen molar-refractivity contribution in [3.63, 3.8) is 0 Å². The molecule has 1 heterocycles. The molecule has 0 aliphatic heterocycles. The van der Waals surface area contributed by atoms with Gasteiger partial charge in [-0.25, -0.2) is 17.2 Å². The summed E-state index contributed by atoms with van der Waals surface area (Å²) in [5, 5.41) is 9.06. The molecular weight excluding hydrogens is 392 g/mol. The van der Waals surface area contributed by atoms with Gasteiger partial charge in [-0.2, -0.15) is 0 Å². The number of sulfone groups is 1. The van der Waals surface area contributed by atoms with E-state index in [0.29, 0.717) is 5.56 Å². The number of ketones is 1. The molecule has 152 valence electrons. The van der Waals surface area contributed by atoms with E-state index >= 15 is 0 Å². The van der Waals surface area contributed by atoms with Gasteiger partial charge in [-0.15, -0.1) is 0 Å². The van der Waals surface area contributed by atoms with E-state index in [0.717, 1.165) is 30.0 Å². The van der Waals surface area contributed by atoms with Crippen molar-refractivity contribution in [3.05, 3.63) is 58.0 Å². The zero-order chi connectivity index (χ0) is 21.3. The van der Waals surface area contributed by atoms with Gasteiger partial charge >= 0.3 is 0 Å². The lowest BCUT2D eigenvalue weighted by Crippen LogP contribution is -2.46.